The Hall–Kier alpha value is -1.14. The summed E-state index contributed by atoms with van der Waals surface area (Å²) in [6.45, 7) is 3.24. The fourth-order valence-electron chi connectivity index (χ4n) is 1.74. The van der Waals surface area contributed by atoms with Crippen LogP contribution in [0.3, 0.4) is 0 Å². The maximum Gasteiger partial charge on any atom is 0.223 e. The van der Waals surface area contributed by atoms with E-state index in [1.165, 1.54) is 0 Å². The molecule has 0 aliphatic carbocycles. The summed E-state index contributed by atoms with van der Waals surface area (Å²) in [6.07, 6.45) is 0.586. The summed E-state index contributed by atoms with van der Waals surface area (Å²) in [5, 5.41) is 0. The maximum atomic E-state index is 12.0. The first-order chi connectivity index (χ1) is 9.82. The van der Waals surface area contributed by atoms with Crippen molar-refractivity contribution in [3.63, 3.8) is 0 Å². The first-order valence-corrected chi connectivity index (χ1v) is 7.91. The molecule has 0 aliphatic rings. The zero-order valence-corrected chi connectivity index (χ0v) is 15.8. The van der Waals surface area contributed by atoms with Gasteiger partial charge in [-0.15, -0.1) is 0 Å². The van der Waals surface area contributed by atoms with Crippen LogP contribution in [0.4, 0.5) is 0 Å². The molecule has 0 aromatic heterocycles. The minimum absolute atomic E-state index is 0.0433. The first-order valence-electron chi connectivity index (χ1n) is 7.91. The van der Waals surface area contributed by atoms with Gasteiger partial charge in [-0.25, -0.2) is 0 Å². The van der Waals surface area contributed by atoms with Gasteiger partial charge in [-0.05, 0) is 0 Å². The number of amides is 2. The van der Waals surface area contributed by atoms with E-state index >= 15 is 0 Å². The SMILES string of the molecule is CN(CC[N+](C)(C)C)C(=O)CCC(=O)N(C)CC[N+](C)(C)C. The Kier molecular flexibility index (Phi) is 8.04. The molecule has 0 radical (unpaired) electrons. The Bertz CT molecular complexity index is 333. The molecule has 6 heteroatoms. The topological polar surface area (TPSA) is 40.6 Å². The van der Waals surface area contributed by atoms with Gasteiger partial charge in [0.05, 0.1) is 68.5 Å². The van der Waals surface area contributed by atoms with Crippen molar-refractivity contribution in [1.82, 2.24) is 9.80 Å². The van der Waals surface area contributed by atoms with Crippen molar-refractivity contribution >= 4 is 11.8 Å². The van der Waals surface area contributed by atoms with Crippen molar-refractivity contribution in [3.05, 3.63) is 0 Å². The minimum atomic E-state index is 0.0433. The number of carbonyl (C=O) groups is 2. The molecule has 0 fully saturated rings. The van der Waals surface area contributed by atoms with Crippen molar-refractivity contribution < 1.29 is 18.6 Å². The van der Waals surface area contributed by atoms with Crippen LogP contribution in [0.1, 0.15) is 12.8 Å². The molecule has 0 aromatic carbocycles. The summed E-state index contributed by atoms with van der Waals surface area (Å²) in [6, 6.07) is 0. The fraction of sp³-hybridized carbons (Fsp3) is 0.875. The second-order valence-electron chi connectivity index (χ2n) is 8.16. The van der Waals surface area contributed by atoms with Gasteiger partial charge in [0.1, 0.15) is 0 Å². The van der Waals surface area contributed by atoms with Crippen LogP contribution in [0, 0.1) is 0 Å². The molecule has 0 rings (SSSR count). The van der Waals surface area contributed by atoms with Crippen molar-refractivity contribution in [3.8, 4) is 0 Å². The quantitative estimate of drug-likeness (QED) is 0.566. The van der Waals surface area contributed by atoms with Crippen molar-refractivity contribution in [2.75, 3.05) is 82.6 Å². The van der Waals surface area contributed by atoms with E-state index in [4.69, 9.17) is 0 Å². The lowest BCUT2D eigenvalue weighted by Gasteiger charge is -2.28. The van der Waals surface area contributed by atoms with Crippen molar-refractivity contribution in [2.24, 2.45) is 0 Å². The van der Waals surface area contributed by atoms with Crippen molar-refractivity contribution in [2.45, 2.75) is 12.8 Å². The van der Waals surface area contributed by atoms with Gasteiger partial charge in [-0.2, -0.15) is 0 Å². The van der Waals surface area contributed by atoms with E-state index in [0.29, 0.717) is 25.9 Å². The average Bonchev–Trinajstić information content (AvgIpc) is 2.37. The van der Waals surface area contributed by atoms with Gasteiger partial charge in [0, 0.05) is 26.9 Å². The fourth-order valence-corrected chi connectivity index (χ4v) is 1.74. The van der Waals surface area contributed by atoms with Gasteiger partial charge in [-0.3, -0.25) is 9.59 Å². The third kappa shape index (κ3) is 10.6. The highest BCUT2D eigenvalue weighted by Crippen LogP contribution is 2.02. The van der Waals surface area contributed by atoms with Crippen LogP contribution >= 0.6 is 0 Å². The highest BCUT2D eigenvalue weighted by molar-refractivity contribution is 5.83. The van der Waals surface area contributed by atoms with Crippen LogP contribution < -0.4 is 0 Å². The van der Waals surface area contributed by atoms with Gasteiger partial charge in [-0.1, -0.05) is 0 Å². The smallest absolute Gasteiger partial charge is 0.223 e. The molecule has 130 valence electrons. The summed E-state index contributed by atoms with van der Waals surface area (Å²) >= 11 is 0. The van der Waals surface area contributed by atoms with Gasteiger partial charge in [0.25, 0.3) is 0 Å². The molecule has 0 saturated heterocycles. The van der Waals surface area contributed by atoms with Crippen LogP contribution in [0.15, 0.2) is 0 Å². The predicted molar refractivity (Wildman–Crippen MR) is 90.3 cm³/mol. The molecule has 0 unspecified atom stereocenters. The molecule has 0 saturated carbocycles. The van der Waals surface area contributed by atoms with E-state index in [-0.39, 0.29) is 11.8 Å². The molecule has 22 heavy (non-hydrogen) atoms. The van der Waals surface area contributed by atoms with Crippen LogP contribution in [0.2, 0.25) is 0 Å². The lowest BCUT2D eigenvalue weighted by molar-refractivity contribution is -0.869. The molecular weight excluding hydrogens is 280 g/mol. The number of likely N-dealkylation sites (N-methyl/N-ethyl adjacent to an activating group) is 4. The molecule has 6 nitrogen and oxygen atoms in total. The van der Waals surface area contributed by atoms with E-state index in [1.807, 2.05) is 14.1 Å². The monoisotopic (exact) mass is 316 g/mol. The van der Waals surface area contributed by atoms with Gasteiger partial charge in [0.2, 0.25) is 11.8 Å². The number of rotatable bonds is 9. The van der Waals surface area contributed by atoms with Gasteiger partial charge >= 0.3 is 0 Å². The second kappa shape index (κ2) is 8.48. The summed E-state index contributed by atoms with van der Waals surface area (Å²) in [5.41, 5.74) is 0. The number of quaternary nitrogens is 2. The van der Waals surface area contributed by atoms with E-state index in [0.717, 1.165) is 22.1 Å². The standard InChI is InChI=1S/C16H36N4O2/c1-17(11-13-19(3,4)5)15(21)9-10-16(22)18(2)12-14-20(6,7)8/h9-14H2,1-8H3/q+2. The third-order valence-corrected chi connectivity index (χ3v) is 3.62. The Labute approximate surface area is 136 Å². The highest BCUT2D eigenvalue weighted by Gasteiger charge is 2.17. The molecule has 0 atom stereocenters. The number of carbonyl (C=O) groups excluding carboxylic acids is 2. The summed E-state index contributed by atoms with van der Waals surface area (Å²) < 4.78 is 1.65. The number of hydrogen-bond acceptors (Lipinski definition) is 2. The van der Waals surface area contributed by atoms with Gasteiger partial charge < -0.3 is 18.8 Å². The maximum absolute atomic E-state index is 12.0. The van der Waals surface area contributed by atoms with E-state index < -0.39 is 0 Å². The Balaban J connectivity index is 4.10. The normalized spacial score (nSPS) is 12.2. The van der Waals surface area contributed by atoms with Crippen LogP contribution in [-0.2, 0) is 9.59 Å². The Morgan fingerprint density at radius 3 is 1.18 bits per heavy atom. The molecular formula is C16H36N4O2+2. The predicted octanol–water partition coefficient (Wildman–Crippen LogP) is 0.0958. The molecule has 0 bridgehead atoms. The zero-order valence-electron chi connectivity index (χ0n) is 15.8. The van der Waals surface area contributed by atoms with Crippen molar-refractivity contribution in [1.29, 1.82) is 0 Å². The molecule has 0 N–H and O–H groups in total. The van der Waals surface area contributed by atoms with E-state index in [2.05, 4.69) is 42.3 Å². The first kappa shape index (κ1) is 20.9. The average molecular weight is 316 g/mol. The molecule has 0 aliphatic heterocycles. The third-order valence-electron chi connectivity index (χ3n) is 3.62. The summed E-state index contributed by atoms with van der Waals surface area (Å²) in [5.74, 6) is 0.0867. The Morgan fingerprint density at radius 1 is 0.682 bits per heavy atom. The van der Waals surface area contributed by atoms with Crippen LogP contribution in [-0.4, -0.2) is 113 Å². The molecule has 0 spiro atoms. The molecule has 0 heterocycles. The highest BCUT2D eigenvalue weighted by atomic mass is 16.2. The second-order valence-corrected chi connectivity index (χ2v) is 8.16. The molecule has 0 aromatic rings. The largest absolute Gasteiger partial charge is 0.340 e. The van der Waals surface area contributed by atoms with Gasteiger partial charge in [0.15, 0.2) is 0 Å². The number of nitrogens with zero attached hydrogens (tertiary/aromatic N) is 4. The lowest BCUT2D eigenvalue weighted by atomic mass is 10.2. The summed E-state index contributed by atoms with van der Waals surface area (Å²) in [4.78, 5) is 27.5. The molecule has 2 amide bonds. The van der Waals surface area contributed by atoms with Crippen LogP contribution in [0.25, 0.3) is 0 Å². The summed E-state index contributed by atoms with van der Waals surface area (Å²) in [7, 11) is 16.2. The minimum Gasteiger partial charge on any atom is -0.340 e. The van der Waals surface area contributed by atoms with Crippen LogP contribution in [0.5, 0.6) is 0 Å². The zero-order chi connectivity index (χ0) is 17.6. The lowest BCUT2D eigenvalue weighted by Crippen LogP contribution is -2.43. The number of hydrogen-bond donors (Lipinski definition) is 0. The Morgan fingerprint density at radius 2 is 0.955 bits per heavy atom. The van der Waals surface area contributed by atoms with E-state index in [9.17, 15) is 9.59 Å². The van der Waals surface area contributed by atoms with E-state index in [1.54, 1.807) is 9.80 Å².